The van der Waals surface area contributed by atoms with E-state index in [1.165, 1.54) is 6.07 Å². The summed E-state index contributed by atoms with van der Waals surface area (Å²) in [5, 5.41) is 0. The molecule has 1 aliphatic rings. The minimum absolute atomic E-state index is 0.310. The summed E-state index contributed by atoms with van der Waals surface area (Å²) in [6.45, 7) is 1.76. The van der Waals surface area contributed by atoms with Crippen molar-refractivity contribution in [1.82, 2.24) is 4.73 Å². The number of pyridine rings is 1. The predicted molar refractivity (Wildman–Crippen MR) is 95.9 cm³/mol. The topological polar surface area (TPSA) is 74.6 Å². The molecule has 0 aliphatic heterocycles. The lowest BCUT2D eigenvalue weighted by Gasteiger charge is -2.10. The minimum atomic E-state index is -3.82. The Morgan fingerprint density at radius 1 is 1.16 bits per heavy atom. The molecule has 6 nitrogen and oxygen atoms in total. The van der Waals surface area contributed by atoms with Crippen LogP contribution in [0.2, 0.25) is 0 Å². The lowest BCUT2D eigenvalue weighted by atomic mass is 10.1. The Morgan fingerprint density at radius 3 is 2.60 bits per heavy atom. The summed E-state index contributed by atoms with van der Waals surface area (Å²) in [5.41, 5.74) is 1.38. The fraction of sp³-hybridized carbons (Fsp3) is 0.278. The van der Waals surface area contributed by atoms with Crippen LogP contribution in [-0.4, -0.2) is 25.5 Å². The average molecular weight is 361 g/mol. The lowest BCUT2D eigenvalue weighted by molar-refractivity contribution is 0.267. The molecule has 1 saturated carbocycles. The fourth-order valence-corrected chi connectivity index (χ4v) is 2.73. The molecule has 1 heterocycles. The van der Waals surface area contributed by atoms with Crippen LogP contribution < -0.4 is 14.6 Å². The third kappa shape index (κ3) is 4.96. The molecule has 0 amide bonds. The van der Waals surface area contributed by atoms with Gasteiger partial charge in [-0.1, -0.05) is 18.2 Å². The van der Waals surface area contributed by atoms with Crippen molar-refractivity contribution in [2.45, 2.75) is 25.9 Å². The highest BCUT2D eigenvalue weighted by Gasteiger charge is 2.23. The summed E-state index contributed by atoms with van der Waals surface area (Å²) in [6, 6.07) is 10.6. The molecule has 0 N–H and O–H groups in total. The number of rotatable bonds is 6. The lowest BCUT2D eigenvalue weighted by Crippen LogP contribution is -2.31. The Labute approximate surface area is 146 Å². The Balaban J connectivity index is 1.91. The molecule has 132 valence electrons. The average Bonchev–Trinajstić information content (AvgIpc) is 3.31. The van der Waals surface area contributed by atoms with Crippen LogP contribution in [0.25, 0.3) is 12.2 Å². The Kier molecular flexibility index (Phi) is 4.67. The maximum Gasteiger partial charge on any atom is 0.324 e. The van der Waals surface area contributed by atoms with Crippen molar-refractivity contribution in [1.29, 1.82) is 0 Å². The fourth-order valence-electron chi connectivity index (χ4n) is 2.30. The molecule has 0 radical (unpaired) electrons. The zero-order valence-electron chi connectivity index (χ0n) is 14.0. The maximum absolute atomic E-state index is 12.1. The molecule has 2 aromatic rings. The van der Waals surface area contributed by atoms with Crippen molar-refractivity contribution in [3.63, 3.8) is 0 Å². The Bertz CT molecular complexity index is 971. The molecular formula is C18H19NO5S. The van der Waals surface area contributed by atoms with Crippen molar-refractivity contribution >= 4 is 22.3 Å². The van der Waals surface area contributed by atoms with E-state index in [1.807, 2.05) is 24.3 Å². The summed E-state index contributed by atoms with van der Waals surface area (Å²) >= 11 is 0. The number of nitrogens with zero attached hydrogens (tertiary/aromatic N) is 1. The van der Waals surface area contributed by atoms with Crippen LogP contribution in [0, 0.1) is 6.92 Å². The molecule has 0 atom stereocenters. The largest absolute Gasteiger partial charge is 0.490 e. The van der Waals surface area contributed by atoms with Gasteiger partial charge in [0.2, 0.25) is 0 Å². The first-order valence-electron chi connectivity index (χ1n) is 7.89. The third-order valence-corrected chi connectivity index (χ3v) is 3.92. The molecule has 0 bridgehead atoms. The Morgan fingerprint density at radius 2 is 1.92 bits per heavy atom. The van der Waals surface area contributed by atoms with Crippen LogP contribution >= 0.6 is 0 Å². The molecule has 1 aromatic heterocycles. The van der Waals surface area contributed by atoms with Gasteiger partial charge >= 0.3 is 10.1 Å². The van der Waals surface area contributed by atoms with Gasteiger partial charge in [-0.2, -0.15) is 8.42 Å². The standard InChI is InChI=1S/C18H19NO5S/c1-13-10-15(19(18(20)11-13)24-25(2,21)22)7-6-14-4-3-5-17(12-14)23-16-8-9-16/h3-7,10-12,16H,8-9H2,1-2H3. The first-order chi connectivity index (χ1) is 11.8. The highest BCUT2D eigenvalue weighted by Crippen LogP contribution is 2.27. The van der Waals surface area contributed by atoms with Gasteiger partial charge in [-0.15, -0.1) is 4.73 Å². The van der Waals surface area contributed by atoms with Gasteiger partial charge in [-0.3, -0.25) is 9.08 Å². The number of hydrogen-bond donors (Lipinski definition) is 0. The van der Waals surface area contributed by atoms with Gasteiger partial charge in [0.1, 0.15) is 5.75 Å². The van der Waals surface area contributed by atoms with Crippen LogP contribution in [0.4, 0.5) is 0 Å². The molecule has 1 aromatic carbocycles. The van der Waals surface area contributed by atoms with Crippen molar-refractivity contribution < 1.29 is 17.4 Å². The summed E-state index contributed by atoms with van der Waals surface area (Å²) in [6.07, 6.45) is 6.78. The molecule has 7 heteroatoms. The first-order valence-corrected chi connectivity index (χ1v) is 9.70. The van der Waals surface area contributed by atoms with Gasteiger partial charge in [0, 0.05) is 6.07 Å². The summed E-state index contributed by atoms with van der Waals surface area (Å²) < 4.78 is 34.1. The quantitative estimate of drug-likeness (QED) is 0.789. The Hall–Kier alpha value is -2.54. The zero-order valence-corrected chi connectivity index (χ0v) is 14.8. The van der Waals surface area contributed by atoms with E-state index in [-0.39, 0.29) is 0 Å². The van der Waals surface area contributed by atoms with Crippen molar-refractivity contribution in [3.05, 3.63) is 63.6 Å². The van der Waals surface area contributed by atoms with Crippen LogP contribution in [-0.2, 0) is 10.1 Å². The van der Waals surface area contributed by atoms with E-state index in [9.17, 15) is 13.2 Å². The van der Waals surface area contributed by atoms with Gasteiger partial charge in [0.05, 0.1) is 18.1 Å². The van der Waals surface area contributed by atoms with E-state index >= 15 is 0 Å². The summed E-state index contributed by atoms with van der Waals surface area (Å²) in [4.78, 5) is 12.1. The molecule has 0 spiro atoms. The minimum Gasteiger partial charge on any atom is -0.490 e. The number of ether oxygens (including phenoxy) is 1. The van der Waals surface area contributed by atoms with E-state index in [4.69, 9.17) is 9.02 Å². The maximum atomic E-state index is 12.1. The van der Waals surface area contributed by atoms with Gasteiger partial charge in [0.15, 0.2) is 0 Å². The van der Waals surface area contributed by atoms with Crippen LogP contribution in [0.3, 0.4) is 0 Å². The zero-order chi connectivity index (χ0) is 18.0. The van der Waals surface area contributed by atoms with Crippen molar-refractivity contribution in [2.75, 3.05) is 6.26 Å². The number of aromatic nitrogens is 1. The molecule has 3 rings (SSSR count). The second kappa shape index (κ2) is 6.76. The van der Waals surface area contributed by atoms with Gasteiger partial charge < -0.3 is 4.74 Å². The normalized spacial score (nSPS) is 14.6. The monoisotopic (exact) mass is 361 g/mol. The van der Waals surface area contributed by atoms with E-state index in [1.54, 1.807) is 25.1 Å². The second-order valence-electron chi connectivity index (χ2n) is 6.09. The van der Waals surface area contributed by atoms with E-state index < -0.39 is 15.7 Å². The number of benzene rings is 1. The van der Waals surface area contributed by atoms with Gasteiger partial charge in [-0.05, 0) is 55.2 Å². The predicted octanol–water partition coefficient (Wildman–Crippen LogP) is 2.26. The molecule has 1 aliphatic carbocycles. The third-order valence-electron chi connectivity index (χ3n) is 3.50. The van der Waals surface area contributed by atoms with Gasteiger partial charge in [-0.25, -0.2) is 0 Å². The molecule has 0 unspecified atom stereocenters. The summed E-state index contributed by atoms with van der Waals surface area (Å²) in [5.74, 6) is 0.790. The molecule has 25 heavy (non-hydrogen) atoms. The SMILES string of the molecule is Cc1cc(C=Cc2cccc(OC3CC3)c2)n(OS(C)(=O)=O)c(=O)c1. The molecule has 1 fully saturated rings. The van der Waals surface area contributed by atoms with Gasteiger partial charge in [0.25, 0.3) is 5.56 Å². The van der Waals surface area contributed by atoms with E-state index in [0.29, 0.717) is 17.4 Å². The smallest absolute Gasteiger partial charge is 0.324 e. The van der Waals surface area contributed by atoms with Crippen molar-refractivity contribution in [2.24, 2.45) is 0 Å². The summed E-state index contributed by atoms with van der Waals surface area (Å²) in [7, 11) is -3.82. The van der Waals surface area contributed by atoms with Crippen LogP contribution in [0.5, 0.6) is 5.75 Å². The van der Waals surface area contributed by atoms with Crippen LogP contribution in [0.1, 0.15) is 29.7 Å². The molecule has 0 saturated heterocycles. The number of aryl methyl sites for hydroxylation is 1. The molecular weight excluding hydrogens is 342 g/mol. The van der Waals surface area contributed by atoms with Crippen LogP contribution in [0.15, 0.2) is 41.2 Å². The first kappa shape index (κ1) is 17.3. The van der Waals surface area contributed by atoms with E-state index in [0.717, 1.165) is 35.1 Å². The second-order valence-corrected chi connectivity index (χ2v) is 7.65. The highest BCUT2D eigenvalue weighted by molar-refractivity contribution is 7.86. The number of hydrogen-bond acceptors (Lipinski definition) is 5. The van der Waals surface area contributed by atoms with Crippen molar-refractivity contribution in [3.8, 4) is 5.75 Å². The highest BCUT2D eigenvalue weighted by atomic mass is 32.2. The van der Waals surface area contributed by atoms with E-state index in [2.05, 4.69) is 0 Å².